The van der Waals surface area contributed by atoms with Gasteiger partial charge in [0.05, 0.1) is 0 Å². The molecule has 0 radical (unpaired) electrons. The molecule has 0 fully saturated rings. The zero-order chi connectivity index (χ0) is 16.4. The van der Waals surface area contributed by atoms with Crippen LogP contribution in [0.4, 0.5) is 5.69 Å². The second-order valence-electron chi connectivity index (χ2n) is 5.88. The molecule has 0 saturated carbocycles. The Morgan fingerprint density at radius 3 is 2.70 bits per heavy atom. The predicted molar refractivity (Wildman–Crippen MR) is 95.1 cm³/mol. The lowest BCUT2D eigenvalue weighted by Crippen LogP contribution is -2.07. The average molecular weight is 307 g/mol. The van der Waals surface area contributed by atoms with E-state index in [4.69, 9.17) is 4.42 Å². The number of fused-ring (bicyclic) bond motifs is 1. The van der Waals surface area contributed by atoms with Crippen LogP contribution in [-0.2, 0) is 13.0 Å². The van der Waals surface area contributed by atoms with Gasteiger partial charge in [0, 0.05) is 23.7 Å². The van der Waals surface area contributed by atoms with Gasteiger partial charge in [0.15, 0.2) is 0 Å². The van der Waals surface area contributed by atoms with Crippen LogP contribution in [0.3, 0.4) is 0 Å². The molecule has 3 aromatic rings. The van der Waals surface area contributed by atoms with E-state index in [-0.39, 0.29) is 5.63 Å². The van der Waals surface area contributed by atoms with Gasteiger partial charge in [0.2, 0.25) is 0 Å². The summed E-state index contributed by atoms with van der Waals surface area (Å²) >= 11 is 0. The molecule has 2 aromatic carbocycles. The van der Waals surface area contributed by atoms with Crippen molar-refractivity contribution in [3.05, 3.63) is 75.1 Å². The van der Waals surface area contributed by atoms with Gasteiger partial charge in [-0.25, -0.2) is 4.79 Å². The van der Waals surface area contributed by atoms with Crippen molar-refractivity contribution in [2.24, 2.45) is 0 Å². The zero-order valence-corrected chi connectivity index (χ0v) is 13.8. The van der Waals surface area contributed by atoms with Crippen LogP contribution in [0.5, 0.6) is 0 Å². The lowest BCUT2D eigenvalue weighted by atomic mass is 10.1. The molecule has 1 N–H and O–H groups in total. The summed E-state index contributed by atoms with van der Waals surface area (Å²) < 4.78 is 5.36. The Kier molecular flexibility index (Phi) is 4.20. The molecule has 3 nitrogen and oxygen atoms in total. The summed E-state index contributed by atoms with van der Waals surface area (Å²) in [7, 11) is 0. The Morgan fingerprint density at radius 2 is 1.91 bits per heavy atom. The molecule has 0 aliphatic rings. The highest BCUT2D eigenvalue weighted by atomic mass is 16.4. The van der Waals surface area contributed by atoms with Gasteiger partial charge in [-0.2, -0.15) is 0 Å². The minimum atomic E-state index is -0.302. The lowest BCUT2D eigenvalue weighted by molar-refractivity contribution is 0.559. The van der Waals surface area contributed by atoms with E-state index in [1.165, 1.54) is 16.7 Å². The molecule has 1 aromatic heterocycles. The van der Waals surface area contributed by atoms with E-state index in [2.05, 4.69) is 44.3 Å². The van der Waals surface area contributed by atoms with Gasteiger partial charge in [0.1, 0.15) is 5.58 Å². The number of hydrogen-bond donors (Lipinski definition) is 1. The molecule has 0 saturated heterocycles. The fourth-order valence-corrected chi connectivity index (χ4v) is 2.77. The molecule has 23 heavy (non-hydrogen) atoms. The first-order chi connectivity index (χ1) is 11.1. The summed E-state index contributed by atoms with van der Waals surface area (Å²) in [6, 6.07) is 13.9. The SMILES string of the molecule is CCc1ccc2c(CNc3cccc(C)c3C)cc(=O)oc2c1. The number of nitrogens with one attached hydrogen (secondary N) is 1. The van der Waals surface area contributed by atoms with Crippen molar-refractivity contribution < 1.29 is 4.42 Å². The Hall–Kier alpha value is -2.55. The Balaban J connectivity index is 1.96. The molecule has 0 atom stereocenters. The summed E-state index contributed by atoms with van der Waals surface area (Å²) in [5.41, 5.74) is 6.06. The van der Waals surface area contributed by atoms with Crippen molar-refractivity contribution >= 4 is 16.7 Å². The summed E-state index contributed by atoms with van der Waals surface area (Å²) in [5.74, 6) is 0. The lowest BCUT2D eigenvalue weighted by Gasteiger charge is -2.12. The standard InChI is InChI=1S/C20H21NO2/c1-4-15-8-9-17-16(11-20(22)23-19(17)10-15)12-21-18-7-5-6-13(2)14(18)3/h5-11,21H,4,12H2,1-3H3. The van der Waals surface area contributed by atoms with Crippen LogP contribution in [0, 0.1) is 13.8 Å². The molecule has 0 amide bonds. The van der Waals surface area contributed by atoms with Crippen LogP contribution in [0.2, 0.25) is 0 Å². The fraction of sp³-hybridized carbons (Fsp3) is 0.250. The van der Waals surface area contributed by atoms with E-state index in [9.17, 15) is 4.79 Å². The van der Waals surface area contributed by atoms with Crippen molar-refractivity contribution in [1.29, 1.82) is 0 Å². The van der Waals surface area contributed by atoms with Gasteiger partial charge in [-0.15, -0.1) is 0 Å². The number of hydrogen-bond acceptors (Lipinski definition) is 3. The summed E-state index contributed by atoms with van der Waals surface area (Å²) in [5, 5.41) is 4.42. The van der Waals surface area contributed by atoms with Crippen LogP contribution < -0.4 is 10.9 Å². The molecule has 1 heterocycles. The first kappa shape index (κ1) is 15.3. The smallest absolute Gasteiger partial charge is 0.336 e. The fourth-order valence-electron chi connectivity index (χ4n) is 2.77. The van der Waals surface area contributed by atoms with Crippen LogP contribution in [0.1, 0.15) is 29.2 Å². The summed E-state index contributed by atoms with van der Waals surface area (Å²) in [6.07, 6.45) is 0.921. The first-order valence-corrected chi connectivity index (χ1v) is 7.94. The molecule has 3 heteroatoms. The second kappa shape index (κ2) is 6.29. The summed E-state index contributed by atoms with van der Waals surface area (Å²) in [4.78, 5) is 11.8. The van der Waals surface area contributed by atoms with E-state index < -0.39 is 0 Å². The van der Waals surface area contributed by atoms with E-state index in [0.29, 0.717) is 12.1 Å². The van der Waals surface area contributed by atoms with Gasteiger partial charge < -0.3 is 9.73 Å². The zero-order valence-electron chi connectivity index (χ0n) is 13.8. The molecule has 0 unspecified atom stereocenters. The van der Waals surface area contributed by atoms with Gasteiger partial charge >= 0.3 is 5.63 Å². The maximum atomic E-state index is 11.8. The second-order valence-corrected chi connectivity index (χ2v) is 5.88. The highest BCUT2D eigenvalue weighted by Gasteiger charge is 2.07. The van der Waals surface area contributed by atoms with Gasteiger partial charge in [0.25, 0.3) is 0 Å². The number of rotatable bonds is 4. The number of benzene rings is 2. The van der Waals surface area contributed by atoms with Crippen molar-refractivity contribution in [1.82, 2.24) is 0 Å². The molecule has 0 spiro atoms. The van der Waals surface area contributed by atoms with Crippen molar-refractivity contribution in [2.45, 2.75) is 33.7 Å². The van der Waals surface area contributed by atoms with E-state index in [0.717, 1.165) is 23.1 Å². The number of aryl methyl sites for hydroxylation is 2. The van der Waals surface area contributed by atoms with Gasteiger partial charge in [-0.05, 0) is 54.7 Å². The quantitative estimate of drug-likeness (QED) is 0.717. The minimum absolute atomic E-state index is 0.302. The third kappa shape index (κ3) is 3.14. The van der Waals surface area contributed by atoms with Crippen LogP contribution in [0.15, 0.2) is 51.7 Å². The van der Waals surface area contributed by atoms with Gasteiger partial charge in [-0.1, -0.05) is 31.2 Å². The summed E-state index contributed by atoms with van der Waals surface area (Å²) in [6.45, 7) is 6.88. The topological polar surface area (TPSA) is 42.2 Å². The third-order valence-corrected chi connectivity index (χ3v) is 4.38. The highest BCUT2D eigenvalue weighted by Crippen LogP contribution is 2.22. The largest absolute Gasteiger partial charge is 0.423 e. The van der Waals surface area contributed by atoms with Gasteiger partial charge in [-0.3, -0.25) is 0 Å². The molecule has 118 valence electrons. The molecular weight excluding hydrogens is 286 g/mol. The van der Waals surface area contributed by atoms with Crippen molar-refractivity contribution in [2.75, 3.05) is 5.32 Å². The Bertz CT molecular complexity index is 909. The van der Waals surface area contributed by atoms with E-state index >= 15 is 0 Å². The molecule has 0 aliphatic carbocycles. The van der Waals surface area contributed by atoms with Crippen LogP contribution in [-0.4, -0.2) is 0 Å². The van der Waals surface area contributed by atoms with E-state index in [1.807, 2.05) is 18.2 Å². The van der Waals surface area contributed by atoms with Crippen LogP contribution >= 0.6 is 0 Å². The Morgan fingerprint density at radius 1 is 1.09 bits per heavy atom. The predicted octanol–water partition coefficient (Wildman–Crippen LogP) is 4.58. The normalized spacial score (nSPS) is 10.9. The van der Waals surface area contributed by atoms with Crippen molar-refractivity contribution in [3.63, 3.8) is 0 Å². The monoisotopic (exact) mass is 307 g/mol. The maximum absolute atomic E-state index is 11.8. The molecule has 0 bridgehead atoms. The third-order valence-electron chi connectivity index (χ3n) is 4.38. The highest BCUT2D eigenvalue weighted by molar-refractivity contribution is 5.81. The molecule has 0 aliphatic heterocycles. The number of anilines is 1. The molecular formula is C20H21NO2. The maximum Gasteiger partial charge on any atom is 0.336 e. The Labute approximate surface area is 136 Å². The minimum Gasteiger partial charge on any atom is -0.423 e. The first-order valence-electron chi connectivity index (χ1n) is 7.94. The van der Waals surface area contributed by atoms with Crippen LogP contribution in [0.25, 0.3) is 11.0 Å². The average Bonchev–Trinajstić information content (AvgIpc) is 2.55. The molecule has 3 rings (SSSR count). The van der Waals surface area contributed by atoms with Crippen molar-refractivity contribution in [3.8, 4) is 0 Å². The van der Waals surface area contributed by atoms with E-state index in [1.54, 1.807) is 6.07 Å².